The fraction of sp³-hybridized carbons (Fsp3) is 0.385. The molecule has 1 amide bonds. The molecule has 0 bridgehead atoms. The van der Waals surface area contributed by atoms with E-state index in [4.69, 9.17) is 16.7 Å². The molecule has 5 heteroatoms. The lowest BCUT2D eigenvalue weighted by atomic mass is 10.0. The minimum atomic E-state index is -0.968. The van der Waals surface area contributed by atoms with Gasteiger partial charge in [-0.2, -0.15) is 0 Å². The normalized spacial score (nSPS) is 12.2. The third-order valence-corrected chi connectivity index (χ3v) is 2.71. The number of carboxylic acid groups (broad SMARTS) is 1. The van der Waals surface area contributed by atoms with Gasteiger partial charge in [-0.05, 0) is 17.7 Å². The largest absolute Gasteiger partial charge is 0.481 e. The lowest BCUT2D eigenvalue weighted by Crippen LogP contribution is -2.33. The summed E-state index contributed by atoms with van der Waals surface area (Å²) in [6.07, 6.45) is -0.168. The van der Waals surface area contributed by atoms with Crippen molar-refractivity contribution < 1.29 is 14.7 Å². The highest BCUT2D eigenvalue weighted by atomic mass is 35.5. The van der Waals surface area contributed by atoms with Gasteiger partial charge in [0.05, 0.1) is 12.5 Å². The molecule has 0 saturated carbocycles. The van der Waals surface area contributed by atoms with Gasteiger partial charge < -0.3 is 10.4 Å². The standard InChI is InChI=1S/C13H16ClNO3/c1-8(2)13(18)15-11(7-12(16)17)9-4-3-5-10(14)6-9/h3-6,8,11H,7H2,1-2H3,(H,15,18)(H,16,17). The van der Waals surface area contributed by atoms with Crippen LogP contribution in [0.4, 0.5) is 0 Å². The Balaban J connectivity index is 2.91. The molecule has 98 valence electrons. The van der Waals surface area contributed by atoms with Crippen molar-refractivity contribution in [2.24, 2.45) is 5.92 Å². The highest BCUT2D eigenvalue weighted by molar-refractivity contribution is 6.30. The number of hydrogen-bond donors (Lipinski definition) is 2. The van der Waals surface area contributed by atoms with E-state index < -0.39 is 12.0 Å². The average molecular weight is 270 g/mol. The van der Waals surface area contributed by atoms with Gasteiger partial charge in [-0.1, -0.05) is 37.6 Å². The van der Waals surface area contributed by atoms with Gasteiger partial charge in [-0.15, -0.1) is 0 Å². The van der Waals surface area contributed by atoms with Crippen LogP contribution in [0.1, 0.15) is 31.9 Å². The van der Waals surface area contributed by atoms with Crippen molar-refractivity contribution in [2.75, 3.05) is 0 Å². The number of nitrogens with one attached hydrogen (secondary N) is 1. The van der Waals surface area contributed by atoms with Gasteiger partial charge in [0.25, 0.3) is 0 Å². The van der Waals surface area contributed by atoms with Crippen molar-refractivity contribution in [3.05, 3.63) is 34.9 Å². The predicted octanol–water partition coefficient (Wildman–Crippen LogP) is 2.63. The summed E-state index contributed by atoms with van der Waals surface area (Å²) in [7, 11) is 0. The first-order valence-corrected chi connectivity index (χ1v) is 6.05. The van der Waals surface area contributed by atoms with Crippen LogP contribution in [0.15, 0.2) is 24.3 Å². The van der Waals surface area contributed by atoms with Crippen LogP contribution >= 0.6 is 11.6 Å². The maximum atomic E-state index is 11.7. The van der Waals surface area contributed by atoms with E-state index in [0.717, 1.165) is 0 Å². The monoisotopic (exact) mass is 269 g/mol. The fourth-order valence-corrected chi connectivity index (χ4v) is 1.69. The Kier molecular flexibility index (Phi) is 5.16. The minimum Gasteiger partial charge on any atom is -0.481 e. The molecule has 1 aromatic carbocycles. The molecule has 0 aliphatic rings. The van der Waals surface area contributed by atoms with Crippen LogP contribution in [0, 0.1) is 5.92 Å². The van der Waals surface area contributed by atoms with Crippen LogP contribution in [0.25, 0.3) is 0 Å². The van der Waals surface area contributed by atoms with E-state index >= 15 is 0 Å². The molecule has 0 saturated heterocycles. The van der Waals surface area contributed by atoms with Crippen molar-refractivity contribution in [1.82, 2.24) is 5.32 Å². The number of carbonyl (C=O) groups excluding carboxylic acids is 1. The van der Waals surface area contributed by atoms with Gasteiger partial charge in [0.2, 0.25) is 5.91 Å². The number of carboxylic acids is 1. The first kappa shape index (κ1) is 14.5. The van der Waals surface area contributed by atoms with Crippen LogP contribution < -0.4 is 5.32 Å². The number of rotatable bonds is 5. The van der Waals surface area contributed by atoms with Crippen molar-refractivity contribution in [3.8, 4) is 0 Å². The Hall–Kier alpha value is -1.55. The van der Waals surface area contributed by atoms with Gasteiger partial charge in [0.15, 0.2) is 0 Å². The van der Waals surface area contributed by atoms with Crippen molar-refractivity contribution in [2.45, 2.75) is 26.3 Å². The molecule has 0 spiro atoms. The molecule has 18 heavy (non-hydrogen) atoms. The highest BCUT2D eigenvalue weighted by Gasteiger charge is 2.19. The molecule has 2 N–H and O–H groups in total. The van der Waals surface area contributed by atoms with Crippen LogP contribution in [-0.2, 0) is 9.59 Å². The second kappa shape index (κ2) is 6.40. The highest BCUT2D eigenvalue weighted by Crippen LogP contribution is 2.21. The number of amides is 1. The van der Waals surface area contributed by atoms with E-state index in [0.29, 0.717) is 10.6 Å². The third-order valence-electron chi connectivity index (χ3n) is 2.47. The Labute approximate surface area is 111 Å². The van der Waals surface area contributed by atoms with Crippen LogP contribution in [0.3, 0.4) is 0 Å². The minimum absolute atomic E-state index is 0.168. The third kappa shape index (κ3) is 4.37. The van der Waals surface area contributed by atoms with Gasteiger partial charge in [0, 0.05) is 10.9 Å². The Morgan fingerprint density at radius 3 is 2.56 bits per heavy atom. The summed E-state index contributed by atoms with van der Waals surface area (Å²) in [5.41, 5.74) is 0.693. The van der Waals surface area contributed by atoms with E-state index in [-0.39, 0.29) is 18.2 Å². The van der Waals surface area contributed by atoms with Gasteiger partial charge in [0.1, 0.15) is 0 Å². The number of halogens is 1. The molecule has 1 aromatic rings. The zero-order valence-corrected chi connectivity index (χ0v) is 11.1. The van der Waals surface area contributed by atoms with Crippen molar-refractivity contribution >= 4 is 23.5 Å². The molecule has 1 rings (SSSR count). The van der Waals surface area contributed by atoms with Gasteiger partial charge in [-0.3, -0.25) is 9.59 Å². The fourth-order valence-electron chi connectivity index (χ4n) is 1.49. The second-order valence-electron chi connectivity index (χ2n) is 4.37. The summed E-state index contributed by atoms with van der Waals surface area (Å²) >= 11 is 5.86. The summed E-state index contributed by atoms with van der Waals surface area (Å²) in [6, 6.07) is 6.29. The molecule has 1 unspecified atom stereocenters. The topological polar surface area (TPSA) is 66.4 Å². The SMILES string of the molecule is CC(C)C(=O)NC(CC(=O)O)c1cccc(Cl)c1. The number of carbonyl (C=O) groups is 2. The molecule has 0 heterocycles. The molecule has 0 radical (unpaired) electrons. The lowest BCUT2D eigenvalue weighted by molar-refractivity contribution is -0.137. The summed E-state index contributed by atoms with van der Waals surface area (Å²) in [4.78, 5) is 22.5. The Morgan fingerprint density at radius 1 is 1.39 bits per heavy atom. The molecule has 0 aliphatic heterocycles. The van der Waals surface area contributed by atoms with Gasteiger partial charge >= 0.3 is 5.97 Å². The van der Waals surface area contributed by atoms with Crippen LogP contribution in [0.5, 0.6) is 0 Å². The van der Waals surface area contributed by atoms with E-state index in [9.17, 15) is 9.59 Å². The van der Waals surface area contributed by atoms with Gasteiger partial charge in [-0.25, -0.2) is 0 Å². The first-order valence-electron chi connectivity index (χ1n) is 5.67. The summed E-state index contributed by atoms with van der Waals surface area (Å²) in [5, 5.41) is 12.1. The zero-order chi connectivity index (χ0) is 13.7. The molecule has 0 aliphatic carbocycles. The average Bonchev–Trinajstić information content (AvgIpc) is 2.27. The second-order valence-corrected chi connectivity index (χ2v) is 4.81. The number of aliphatic carboxylic acids is 1. The Bertz CT molecular complexity index is 446. The van der Waals surface area contributed by atoms with Crippen LogP contribution in [0.2, 0.25) is 5.02 Å². The molecule has 4 nitrogen and oxygen atoms in total. The molecular weight excluding hydrogens is 254 g/mol. The number of benzene rings is 1. The molecular formula is C13H16ClNO3. The summed E-state index contributed by atoms with van der Waals surface area (Å²) in [6.45, 7) is 3.51. The van der Waals surface area contributed by atoms with E-state index in [1.54, 1.807) is 38.1 Å². The molecule has 0 aromatic heterocycles. The van der Waals surface area contributed by atoms with E-state index in [1.807, 2.05) is 0 Å². The quantitative estimate of drug-likeness (QED) is 0.863. The predicted molar refractivity (Wildman–Crippen MR) is 69.4 cm³/mol. The van der Waals surface area contributed by atoms with E-state index in [2.05, 4.69) is 5.32 Å². The molecule has 1 atom stereocenters. The maximum Gasteiger partial charge on any atom is 0.305 e. The molecule has 0 fully saturated rings. The van der Waals surface area contributed by atoms with Crippen molar-refractivity contribution in [3.63, 3.8) is 0 Å². The lowest BCUT2D eigenvalue weighted by Gasteiger charge is -2.19. The first-order chi connectivity index (χ1) is 8.40. The summed E-state index contributed by atoms with van der Waals surface area (Å²) in [5.74, 6) is -1.34. The van der Waals surface area contributed by atoms with E-state index in [1.165, 1.54) is 0 Å². The van der Waals surface area contributed by atoms with Crippen LogP contribution in [-0.4, -0.2) is 17.0 Å². The number of hydrogen-bond acceptors (Lipinski definition) is 2. The summed E-state index contributed by atoms with van der Waals surface area (Å²) < 4.78 is 0. The zero-order valence-electron chi connectivity index (χ0n) is 10.3. The van der Waals surface area contributed by atoms with Crippen molar-refractivity contribution in [1.29, 1.82) is 0 Å². The Morgan fingerprint density at radius 2 is 2.06 bits per heavy atom. The maximum absolute atomic E-state index is 11.7. The smallest absolute Gasteiger partial charge is 0.305 e.